The molecule has 0 unspecified atom stereocenters. The number of allylic oxidation sites excluding steroid dienone is 2. The molecule has 0 amide bonds. The molecule has 0 rings (SSSR count). The van der Waals surface area contributed by atoms with Crippen molar-refractivity contribution in [2.75, 3.05) is 0 Å². The van der Waals surface area contributed by atoms with E-state index in [0.717, 1.165) is 0 Å². The fourth-order valence-corrected chi connectivity index (χ4v) is 0. The highest BCUT2D eigenvalue weighted by molar-refractivity contribution is 5.15. The van der Waals surface area contributed by atoms with Gasteiger partial charge in [0.2, 0.25) is 0 Å². The molecule has 0 bridgehead atoms. The van der Waals surface area contributed by atoms with Crippen LogP contribution in [0.3, 0.4) is 0 Å². The molecule has 0 N–H and O–H groups in total. The maximum atomic E-state index is 4.54. The van der Waals surface area contributed by atoms with Gasteiger partial charge in [0, 0.05) is 0 Å². The molecule has 0 radical (unpaired) electrons. The van der Waals surface area contributed by atoms with Crippen molar-refractivity contribution in [2.45, 2.75) is 0 Å². The first-order valence-electron chi connectivity index (χ1n) is 1.98. The molecular formula is C8H8. The molecule has 0 aliphatic carbocycles. The van der Waals surface area contributed by atoms with E-state index in [1.54, 1.807) is 12.2 Å². The molecule has 0 heterocycles. The van der Waals surface area contributed by atoms with Crippen LogP contribution in [0.1, 0.15) is 0 Å². The molecule has 0 atom stereocenters. The SMILES string of the molecule is C#CC#C.C=CC=C. The molecule has 0 saturated heterocycles. The third kappa shape index (κ3) is 166. The minimum absolute atomic E-state index is 1.64. The minimum atomic E-state index is 1.64. The molecule has 0 aromatic heterocycles. The average molecular weight is 104 g/mol. The fraction of sp³-hybridized carbons (Fsp3) is 0. The monoisotopic (exact) mass is 104 g/mol. The molecule has 0 heteroatoms. The average Bonchev–Trinajstić information content (AvgIpc) is 1.88. The maximum absolute atomic E-state index is 4.54. The highest BCUT2D eigenvalue weighted by Gasteiger charge is 1.29. The molecular weight excluding hydrogens is 96.1 g/mol. The molecule has 0 nitrogen and oxygen atoms in total. The second kappa shape index (κ2) is 17.5. The minimum Gasteiger partial charge on any atom is -0.106 e. The molecule has 0 saturated carbocycles. The van der Waals surface area contributed by atoms with Crippen molar-refractivity contribution in [2.24, 2.45) is 0 Å². The molecule has 8 heavy (non-hydrogen) atoms. The van der Waals surface area contributed by atoms with E-state index >= 15 is 0 Å². The Labute approximate surface area is 50.9 Å². The first-order valence-corrected chi connectivity index (χ1v) is 1.98. The molecule has 0 aliphatic rings. The zero-order chi connectivity index (χ0) is 6.83. The van der Waals surface area contributed by atoms with Crippen LogP contribution < -0.4 is 0 Å². The molecule has 0 aliphatic heterocycles. The summed E-state index contributed by atoms with van der Waals surface area (Å²) in [5.41, 5.74) is 0. The Morgan fingerprint density at radius 1 is 1.00 bits per heavy atom. The summed E-state index contributed by atoms with van der Waals surface area (Å²) in [7, 11) is 0. The van der Waals surface area contributed by atoms with Crippen LogP contribution in [0.25, 0.3) is 0 Å². The zero-order valence-corrected chi connectivity index (χ0v) is 4.72. The van der Waals surface area contributed by atoms with E-state index in [1.165, 1.54) is 0 Å². The topological polar surface area (TPSA) is 0 Å². The summed E-state index contributed by atoms with van der Waals surface area (Å²) in [5.74, 6) is 3.92. The largest absolute Gasteiger partial charge is 0.106 e. The number of rotatable bonds is 1. The Morgan fingerprint density at radius 3 is 1.25 bits per heavy atom. The normalized spacial score (nSPS) is 3.75. The Morgan fingerprint density at radius 2 is 1.25 bits per heavy atom. The van der Waals surface area contributed by atoms with Gasteiger partial charge in [0.25, 0.3) is 0 Å². The lowest BCUT2D eigenvalue weighted by molar-refractivity contribution is 2.15. The molecule has 0 aromatic carbocycles. The molecule has 0 fully saturated rings. The van der Waals surface area contributed by atoms with Crippen LogP contribution in [-0.2, 0) is 0 Å². The summed E-state index contributed by atoms with van der Waals surface area (Å²) in [4.78, 5) is 0. The van der Waals surface area contributed by atoms with Gasteiger partial charge in [0.15, 0.2) is 0 Å². The van der Waals surface area contributed by atoms with Crippen molar-refractivity contribution in [1.82, 2.24) is 0 Å². The van der Waals surface area contributed by atoms with Crippen LogP contribution >= 0.6 is 0 Å². The standard InChI is InChI=1S/C4H6.C4H2/c2*1-3-4-2/h3-4H,1-2H2;1-2H. The lowest BCUT2D eigenvalue weighted by Gasteiger charge is -1.44. The highest BCUT2D eigenvalue weighted by atomic mass is 13.4. The predicted octanol–water partition coefficient (Wildman–Crippen LogP) is 1.61. The van der Waals surface area contributed by atoms with Gasteiger partial charge < -0.3 is 0 Å². The van der Waals surface area contributed by atoms with Crippen LogP contribution in [-0.4, -0.2) is 0 Å². The predicted molar refractivity (Wildman–Crippen MR) is 38.1 cm³/mol. The van der Waals surface area contributed by atoms with E-state index in [1.807, 2.05) is 11.8 Å². The van der Waals surface area contributed by atoms with Crippen LogP contribution in [0.4, 0.5) is 0 Å². The van der Waals surface area contributed by atoms with Crippen LogP contribution in [0.2, 0.25) is 0 Å². The zero-order valence-electron chi connectivity index (χ0n) is 4.72. The third-order valence-corrected chi connectivity index (χ3v) is 0.250. The molecule has 40 valence electrons. The molecule has 0 aromatic rings. The summed E-state index contributed by atoms with van der Waals surface area (Å²) in [6.45, 7) is 6.72. The summed E-state index contributed by atoms with van der Waals surface area (Å²) in [5, 5.41) is 0. The Balaban J connectivity index is 0. The van der Waals surface area contributed by atoms with Crippen molar-refractivity contribution in [3.63, 3.8) is 0 Å². The Bertz CT molecular complexity index is 109. The van der Waals surface area contributed by atoms with Gasteiger partial charge in [-0.2, -0.15) is 0 Å². The highest BCUT2D eigenvalue weighted by Crippen LogP contribution is 1.52. The first-order chi connectivity index (χ1) is 3.83. The van der Waals surface area contributed by atoms with Gasteiger partial charge >= 0.3 is 0 Å². The third-order valence-electron chi connectivity index (χ3n) is 0.250. The van der Waals surface area contributed by atoms with E-state index in [9.17, 15) is 0 Å². The second-order valence-electron chi connectivity index (χ2n) is 0.760. The van der Waals surface area contributed by atoms with E-state index in [4.69, 9.17) is 0 Å². The van der Waals surface area contributed by atoms with Crippen molar-refractivity contribution in [1.29, 1.82) is 0 Å². The maximum Gasteiger partial charge on any atom is -0.0191 e. The van der Waals surface area contributed by atoms with Crippen molar-refractivity contribution >= 4 is 0 Å². The number of hydrogen-bond acceptors (Lipinski definition) is 0. The summed E-state index contributed by atoms with van der Waals surface area (Å²) >= 11 is 0. The first kappa shape index (κ1) is 9.78. The molecule has 0 spiro atoms. The Hall–Kier alpha value is -1.40. The van der Waals surface area contributed by atoms with Gasteiger partial charge in [0.1, 0.15) is 0 Å². The Kier molecular flexibility index (Phi) is 21.4. The number of hydrogen-bond donors (Lipinski definition) is 0. The van der Waals surface area contributed by atoms with Crippen molar-refractivity contribution < 1.29 is 0 Å². The van der Waals surface area contributed by atoms with E-state index in [2.05, 4.69) is 26.0 Å². The van der Waals surface area contributed by atoms with E-state index in [0.29, 0.717) is 0 Å². The lowest BCUT2D eigenvalue weighted by atomic mass is 10.6. The smallest absolute Gasteiger partial charge is 0.0191 e. The van der Waals surface area contributed by atoms with Crippen LogP contribution in [0, 0.1) is 24.7 Å². The van der Waals surface area contributed by atoms with E-state index < -0.39 is 0 Å². The quantitative estimate of drug-likeness (QED) is 0.350. The van der Waals surface area contributed by atoms with Crippen molar-refractivity contribution in [3.05, 3.63) is 25.3 Å². The lowest BCUT2D eigenvalue weighted by Crippen LogP contribution is -1.26. The fourth-order valence-electron chi connectivity index (χ4n) is 0. The van der Waals surface area contributed by atoms with Gasteiger partial charge in [-0.3, -0.25) is 0 Å². The van der Waals surface area contributed by atoms with Gasteiger partial charge in [-0.25, -0.2) is 0 Å². The van der Waals surface area contributed by atoms with Crippen LogP contribution in [0.15, 0.2) is 25.3 Å². The van der Waals surface area contributed by atoms with Crippen LogP contribution in [0.5, 0.6) is 0 Å². The van der Waals surface area contributed by atoms with Gasteiger partial charge in [-0.1, -0.05) is 25.3 Å². The summed E-state index contributed by atoms with van der Waals surface area (Å²) in [6.07, 6.45) is 12.4. The van der Waals surface area contributed by atoms with E-state index in [-0.39, 0.29) is 0 Å². The summed E-state index contributed by atoms with van der Waals surface area (Å²) < 4.78 is 0. The second-order valence-corrected chi connectivity index (χ2v) is 0.760. The van der Waals surface area contributed by atoms with Gasteiger partial charge in [0.05, 0.1) is 0 Å². The van der Waals surface area contributed by atoms with Gasteiger partial charge in [-0.15, -0.1) is 12.8 Å². The summed E-state index contributed by atoms with van der Waals surface area (Å²) in [6, 6.07) is 0. The number of terminal acetylenes is 2. The van der Waals surface area contributed by atoms with Gasteiger partial charge in [-0.05, 0) is 11.8 Å². The van der Waals surface area contributed by atoms with Crippen molar-refractivity contribution in [3.8, 4) is 24.7 Å².